The smallest absolute Gasteiger partial charge is 0.381 e. The Labute approximate surface area is 514 Å². The van der Waals surface area contributed by atoms with Crippen molar-refractivity contribution in [2.24, 2.45) is 0 Å². The summed E-state index contributed by atoms with van der Waals surface area (Å²) in [6.45, 7) is 9.01. The maximum Gasteiger partial charge on any atom is 0.381 e. The molecule has 4 heterocycles. The zero-order valence-electron chi connectivity index (χ0n) is 52.4. The number of carbonyl (C=O) groups is 9. The number of aliphatic hydroxyl groups excluding tert-OH is 1. The second-order valence-electron chi connectivity index (χ2n) is 23.0. The fourth-order valence-corrected chi connectivity index (χ4v) is 9.53. The highest BCUT2D eigenvalue weighted by Gasteiger charge is 2.49. The molecule has 4 rings (SSSR count). The predicted molar refractivity (Wildman–Crippen MR) is 311 cm³/mol. The van der Waals surface area contributed by atoms with E-state index in [9.17, 15) is 83.4 Å². The number of rotatable bonds is 42. The fourth-order valence-electron chi connectivity index (χ4n) is 9.53. The van der Waals surface area contributed by atoms with Crippen LogP contribution in [-0.4, -0.2) is 139 Å². The highest BCUT2D eigenvalue weighted by Crippen LogP contribution is 2.28. The molecule has 4 amide bonds. The number of cyclic esters (lactones) is 4. The van der Waals surface area contributed by atoms with Gasteiger partial charge in [-0.3, -0.25) is 24.0 Å². The van der Waals surface area contributed by atoms with Gasteiger partial charge in [0.1, 0.15) is 30.3 Å². The third kappa shape index (κ3) is 33.1. The molecule has 4 fully saturated rings. The largest absolute Gasteiger partial charge is 0.464 e. The number of nitrogens with one attached hydrogen (secondary N) is 4. The third-order valence-corrected chi connectivity index (χ3v) is 15.3. The number of amides is 4. The molecule has 0 aromatic carbocycles. The summed E-state index contributed by atoms with van der Waals surface area (Å²) in [6.07, 6.45) is 23.4. The molecule has 0 spiro atoms. The molecule has 26 heteroatoms. The maximum atomic E-state index is 13.9. The van der Waals surface area contributed by atoms with Crippen LogP contribution in [0.15, 0.2) is 0 Å². The lowest BCUT2D eigenvalue weighted by atomic mass is 10.0. The molecule has 5 N–H and O–H groups in total. The second kappa shape index (κ2) is 45.1. The molecule has 88 heavy (non-hydrogen) atoms. The zero-order valence-corrected chi connectivity index (χ0v) is 52.4. The molecule has 4 aliphatic heterocycles. The number of hydrogen-bond donors (Lipinski definition) is 5. The van der Waals surface area contributed by atoms with Crippen molar-refractivity contribution in [2.45, 2.75) is 313 Å². The molecule has 0 unspecified atom stereocenters. The normalized spacial score (nSPS) is 18.6. The molecule has 0 radical (unpaired) electrons. The topological polar surface area (TPSA) is 259 Å². The minimum Gasteiger partial charge on any atom is -0.464 e. The average Bonchev–Trinajstić information content (AvgIpc) is 4.33. The van der Waals surface area contributed by atoms with Crippen molar-refractivity contribution in [3.05, 3.63) is 0 Å². The average molecular weight is 1280 g/mol. The number of hydrogen-bond acceptors (Lipinski definition) is 14. The summed E-state index contributed by atoms with van der Waals surface area (Å²) in [4.78, 5) is 102. The zero-order chi connectivity index (χ0) is 66.0. The molecule has 5 atom stereocenters. The first-order valence-electron chi connectivity index (χ1n) is 32.4. The van der Waals surface area contributed by atoms with Gasteiger partial charge < -0.3 is 45.3 Å². The van der Waals surface area contributed by atoms with E-state index in [4.69, 9.17) is 0 Å². The van der Waals surface area contributed by atoms with Gasteiger partial charge in [-0.25, -0.2) is 19.2 Å². The Bertz CT molecular complexity index is 2080. The van der Waals surface area contributed by atoms with E-state index in [0.717, 1.165) is 109 Å². The number of esters is 4. The SMILES string of the molecule is CCCCCCCCC(F)(F)C(=O)N[C@H]1CCOC1=O.CCCCCCCCCC(=O)C(F)(F)C(=O)N[C@H]1CCOC1=O.CCCCCCCCCCC(F)(F)C(=O)N[C@H]1CCOC1=O.CCCCCCCCC[C@@H](O)C(F)(F)C(=O)N[C@H]1CCOC1=O. The highest BCUT2D eigenvalue weighted by molar-refractivity contribution is 6.08. The number of ketones is 1. The standard InChI is InChI=1S/C16H27F2NO4.C16H25F2NO4.C16H27F2NO3.C14H23F2NO3/c2*1-2-3-4-5-6-7-8-9-13(20)16(17,18)15(22)19-12-10-11-23-14(12)21;1-2-3-4-5-6-7-8-9-11-16(17,18)15(21)19-13-10-12-22-14(13)20;1-2-3-4-5-6-7-9-14(15,16)13(19)17-11-8-10-20-12(11)18/h12-13,20H,2-11H2,1H3,(H,19,22);12H,2-11H2,1H3,(H,19,22);13H,2-12H2,1H3,(H,19,21);11H,2-10H2,1H3,(H,17,19)/t12-,13+;12-;13-;11-/m0000/s1. The Hall–Kier alpha value is -5.17. The Balaban J connectivity index is 0.000000587. The van der Waals surface area contributed by atoms with Crippen molar-refractivity contribution in [3.63, 3.8) is 0 Å². The number of carbonyl (C=O) groups excluding carboxylic acids is 9. The van der Waals surface area contributed by atoms with Gasteiger partial charge in [0.05, 0.1) is 26.4 Å². The van der Waals surface area contributed by atoms with Gasteiger partial charge in [-0.2, -0.15) is 35.1 Å². The van der Waals surface area contributed by atoms with Gasteiger partial charge in [-0.1, -0.05) is 188 Å². The Kier molecular flexibility index (Phi) is 41.5. The van der Waals surface area contributed by atoms with E-state index in [1.54, 1.807) is 0 Å². The van der Waals surface area contributed by atoms with Crippen molar-refractivity contribution in [2.75, 3.05) is 26.4 Å². The lowest BCUT2D eigenvalue weighted by molar-refractivity contribution is -0.166. The quantitative estimate of drug-likeness (QED) is 0.0125. The van der Waals surface area contributed by atoms with Crippen molar-refractivity contribution >= 4 is 53.3 Å². The van der Waals surface area contributed by atoms with E-state index in [-0.39, 0.29) is 65.0 Å². The minimum atomic E-state index is -4.09. The van der Waals surface area contributed by atoms with Gasteiger partial charge in [-0.05, 0) is 25.7 Å². The molecule has 4 aliphatic rings. The molecule has 0 saturated carbocycles. The summed E-state index contributed by atoms with van der Waals surface area (Å²) in [7, 11) is 0. The fraction of sp³-hybridized carbons (Fsp3) is 0.855. The molecule has 0 bridgehead atoms. The summed E-state index contributed by atoms with van der Waals surface area (Å²) in [6, 6.07) is -3.96. The van der Waals surface area contributed by atoms with Gasteiger partial charge in [0.25, 0.3) is 23.6 Å². The Morgan fingerprint density at radius 2 is 0.659 bits per heavy atom. The molecular formula is C62H102F8N4O14. The van der Waals surface area contributed by atoms with Crippen LogP contribution in [0.5, 0.6) is 0 Å². The van der Waals surface area contributed by atoms with Crippen LogP contribution in [-0.2, 0) is 62.1 Å². The predicted octanol–water partition coefficient (Wildman–Crippen LogP) is 11.7. The van der Waals surface area contributed by atoms with Crippen LogP contribution in [0, 0.1) is 0 Å². The number of unbranched alkanes of at least 4 members (excludes halogenated alkanes) is 24. The van der Waals surface area contributed by atoms with Crippen LogP contribution in [0.3, 0.4) is 0 Å². The van der Waals surface area contributed by atoms with E-state index in [2.05, 4.69) is 57.3 Å². The summed E-state index contributed by atoms with van der Waals surface area (Å²) < 4.78 is 128. The first-order valence-corrected chi connectivity index (χ1v) is 32.4. The maximum absolute atomic E-state index is 13.9. The molecule has 0 aliphatic carbocycles. The summed E-state index contributed by atoms with van der Waals surface area (Å²) in [5.74, 6) is -25.0. The first kappa shape index (κ1) is 80.8. The molecule has 4 saturated heterocycles. The van der Waals surface area contributed by atoms with Gasteiger partial charge >= 0.3 is 47.6 Å². The van der Waals surface area contributed by atoms with E-state index < -0.39 is 120 Å². The number of halogens is 8. The first-order chi connectivity index (χ1) is 41.7. The van der Waals surface area contributed by atoms with Gasteiger partial charge in [0.15, 0.2) is 0 Å². The van der Waals surface area contributed by atoms with Crippen LogP contribution in [0.1, 0.15) is 259 Å². The lowest BCUT2D eigenvalue weighted by Gasteiger charge is -2.22. The van der Waals surface area contributed by atoms with Crippen LogP contribution in [0.25, 0.3) is 0 Å². The summed E-state index contributed by atoms with van der Waals surface area (Å²) >= 11 is 0. The Morgan fingerprint density at radius 1 is 0.398 bits per heavy atom. The van der Waals surface area contributed by atoms with Crippen molar-refractivity contribution in [1.29, 1.82) is 0 Å². The molecule has 18 nitrogen and oxygen atoms in total. The summed E-state index contributed by atoms with van der Waals surface area (Å²) in [5, 5.41) is 17.6. The lowest BCUT2D eigenvalue weighted by Crippen LogP contribution is -2.52. The van der Waals surface area contributed by atoms with Crippen molar-refractivity contribution < 1.29 is 102 Å². The summed E-state index contributed by atoms with van der Waals surface area (Å²) in [5.41, 5.74) is 0. The van der Waals surface area contributed by atoms with E-state index in [0.29, 0.717) is 44.9 Å². The van der Waals surface area contributed by atoms with Gasteiger partial charge in [-0.15, -0.1) is 0 Å². The number of aliphatic hydroxyl groups is 1. The van der Waals surface area contributed by atoms with Crippen molar-refractivity contribution in [3.8, 4) is 0 Å². The van der Waals surface area contributed by atoms with Crippen LogP contribution < -0.4 is 21.3 Å². The molecule has 0 aromatic heterocycles. The second-order valence-corrected chi connectivity index (χ2v) is 23.0. The van der Waals surface area contributed by atoms with Crippen LogP contribution in [0.4, 0.5) is 35.1 Å². The number of alkyl halides is 8. The third-order valence-electron chi connectivity index (χ3n) is 15.3. The van der Waals surface area contributed by atoms with Crippen LogP contribution in [0.2, 0.25) is 0 Å². The minimum absolute atomic E-state index is 0.0847. The molecule has 510 valence electrons. The highest BCUT2D eigenvalue weighted by atomic mass is 19.3. The van der Waals surface area contributed by atoms with E-state index in [1.807, 2.05) is 10.6 Å². The van der Waals surface area contributed by atoms with Crippen molar-refractivity contribution in [1.82, 2.24) is 21.3 Å². The molecule has 0 aromatic rings. The van der Waals surface area contributed by atoms with E-state index in [1.165, 1.54) is 25.7 Å². The van der Waals surface area contributed by atoms with E-state index >= 15 is 0 Å². The number of Topliss-reactive ketones (excluding diaryl/α,β-unsaturated/α-hetero) is 1. The molecular weight excluding hydrogens is 1180 g/mol. The van der Waals surface area contributed by atoms with Crippen LogP contribution >= 0.6 is 0 Å². The Morgan fingerprint density at radius 3 is 0.955 bits per heavy atom. The monoisotopic (exact) mass is 1280 g/mol. The number of ether oxygens (including phenoxy) is 4. The van der Waals surface area contributed by atoms with Gasteiger partial charge in [0, 0.05) is 44.9 Å². The van der Waals surface area contributed by atoms with Gasteiger partial charge in [0.2, 0.25) is 5.78 Å².